The van der Waals surface area contributed by atoms with E-state index in [1.807, 2.05) is 0 Å². The fourth-order valence-electron chi connectivity index (χ4n) is 1.78. The van der Waals surface area contributed by atoms with Crippen molar-refractivity contribution in [3.63, 3.8) is 0 Å². The third-order valence-electron chi connectivity index (χ3n) is 2.84. The predicted molar refractivity (Wildman–Crippen MR) is 70.4 cm³/mol. The minimum Gasteiger partial charge on any atom is -0.478 e. The van der Waals surface area contributed by atoms with Crippen LogP contribution in [-0.2, 0) is 0 Å². The van der Waals surface area contributed by atoms with E-state index in [0.717, 1.165) is 0 Å². The smallest absolute Gasteiger partial charge is 0.337 e. The van der Waals surface area contributed by atoms with Crippen molar-refractivity contribution >= 4 is 17.5 Å². The summed E-state index contributed by atoms with van der Waals surface area (Å²) in [5, 5.41) is 8.95. The molecule has 0 atom stereocenters. The highest BCUT2D eigenvalue weighted by Crippen LogP contribution is 2.23. The van der Waals surface area contributed by atoms with Gasteiger partial charge in [0, 0.05) is 12.7 Å². The standard InChI is InChI=1S/C14H13FN2O2/c1-9-12(14(18)19)6-7-13(16-9)17(2)11-5-3-4-10(15)8-11/h3-8H,1-2H3,(H,18,19). The van der Waals surface area contributed by atoms with E-state index in [-0.39, 0.29) is 11.4 Å². The van der Waals surface area contributed by atoms with Crippen molar-refractivity contribution in [1.29, 1.82) is 0 Å². The lowest BCUT2D eigenvalue weighted by Crippen LogP contribution is -2.13. The van der Waals surface area contributed by atoms with Gasteiger partial charge in [-0.2, -0.15) is 0 Å². The molecule has 19 heavy (non-hydrogen) atoms. The van der Waals surface area contributed by atoms with Gasteiger partial charge in [-0.05, 0) is 37.3 Å². The number of rotatable bonds is 3. The summed E-state index contributed by atoms with van der Waals surface area (Å²) < 4.78 is 13.2. The van der Waals surface area contributed by atoms with Gasteiger partial charge in [0.05, 0.1) is 11.3 Å². The monoisotopic (exact) mass is 260 g/mol. The maximum atomic E-state index is 13.2. The van der Waals surface area contributed by atoms with E-state index in [9.17, 15) is 9.18 Å². The van der Waals surface area contributed by atoms with Gasteiger partial charge in [0.15, 0.2) is 0 Å². The number of aromatic nitrogens is 1. The van der Waals surface area contributed by atoms with Crippen LogP contribution in [0.4, 0.5) is 15.9 Å². The number of nitrogens with zero attached hydrogens (tertiary/aromatic N) is 2. The molecule has 1 N–H and O–H groups in total. The lowest BCUT2D eigenvalue weighted by molar-refractivity contribution is 0.0695. The van der Waals surface area contributed by atoms with Crippen molar-refractivity contribution in [3.05, 3.63) is 53.5 Å². The minimum atomic E-state index is -1.01. The van der Waals surface area contributed by atoms with E-state index in [4.69, 9.17) is 5.11 Å². The maximum Gasteiger partial charge on any atom is 0.337 e. The Kier molecular flexibility index (Phi) is 3.46. The Balaban J connectivity index is 2.37. The number of aryl methyl sites for hydroxylation is 1. The highest BCUT2D eigenvalue weighted by Gasteiger charge is 2.11. The van der Waals surface area contributed by atoms with Crippen LogP contribution < -0.4 is 4.90 Å². The molecule has 1 aromatic heterocycles. The SMILES string of the molecule is Cc1nc(N(C)c2cccc(F)c2)ccc1C(=O)O. The number of aromatic carboxylic acids is 1. The van der Waals surface area contributed by atoms with Gasteiger partial charge in [-0.15, -0.1) is 0 Å². The van der Waals surface area contributed by atoms with Gasteiger partial charge in [0.25, 0.3) is 0 Å². The average molecular weight is 260 g/mol. The number of hydrogen-bond donors (Lipinski definition) is 1. The number of halogens is 1. The summed E-state index contributed by atoms with van der Waals surface area (Å²) in [5.41, 5.74) is 1.24. The molecular formula is C14H13FN2O2. The summed E-state index contributed by atoms with van der Waals surface area (Å²) in [7, 11) is 1.75. The van der Waals surface area contributed by atoms with Crippen molar-refractivity contribution < 1.29 is 14.3 Å². The molecule has 0 aliphatic rings. The van der Waals surface area contributed by atoms with Crippen LogP contribution in [0, 0.1) is 12.7 Å². The molecule has 5 heteroatoms. The maximum absolute atomic E-state index is 13.2. The third kappa shape index (κ3) is 2.70. The Bertz CT molecular complexity index is 629. The summed E-state index contributed by atoms with van der Waals surface area (Å²) in [4.78, 5) is 16.8. The van der Waals surface area contributed by atoms with Gasteiger partial charge in [0.2, 0.25) is 0 Å². The van der Waals surface area contributed by atoms with Crippen molar-refractivity contribution in [1.82, 2.24) is 4.98 Å². The summed E-state index contributed by atoms with van der Waals surface area (Å²) >= 11 is 0. The second-order valence-corrected chi connectivity index (χ2v) is 4.15. The molecule has 2 aromatic rings. The van der Waals surface area contributed by atoms with Crippen LogP contribution in [0.25, 0.3) is 0 Å². The molecule has 1 aromatic carbocycles. The van der Waals surface area contributed by atoms with Crippen molar-refractivity contribution in [2.75, 3.05) is 11.9 Å². The Labute approximate surface area is 110 Å². The highest BCUT2D eigenvalue weighted by molar-refractivity contribution is 5.89. The Morgan fingerprint density at radius 3 is 2.63 bits per heavy atom. The van der Waals surface area contributed by atoms with E-state index in [2.05, 4.69) is 4.98 Å². The Morgan fingerprint density at radius 1 is 1.32 bits per heavy atom. The van der Waals surface area contributed by atoms with Crippen molar-refractivity contribution in [3.8, 4) is 0 Å². The first-order valence-corrected chi connectivity index (χ1v) is 5.69. The van der Waals surface area contributed by atoms with Crippen LogP contribution in [0.15, 0.2) is 36.4 Å². The molecule has 0 unspecified atom stereocenters. The molecule has 0 bridgehead atoms. The Morgan fingerprint density at radius 2 is 2.05 bits per heavy atom. The zero-order valence-corrected chi connectivity index (χ0v) is 10.6. The van der Waals surface area contributed by atoms with Gasteiger partial charge in [-0.3, -0.25) is 0 Å². The zero-order valence-electron chi connectivity index (χ0n) is 10.6. The van der Waals surface area contributed by atoms with Crippen LogP contribution in [0.3, 0.4) is 0 Å². The zero-order chi connectivity index (χ0) is 14.0. The first-order valence-electron chi connectivity index (χ1n) is 5.69. The number of pyridine rings is 1. The van der Waals surface area contributed by atoms with Gasteiger partial charge >= 0.3 is 5.97 Å². The van der Waals surface area contributed by atoms with E-state index in [1.165, 1.54) is 18.2 Å². The lowest BCUT2D eigenvalue weighted by Gasteiger charge is -2.19. The topological polar surface area (TPSA) is 53.4 Å². The average Bonchev–Trinajstić information content (AvgIpc) is 2.37. The normalized spacial score (nSPS) is 10.3. The molecule has 0 fully saturated rings. The van der Waals surface area contributed by atoms with Gasteiger partial charge in [-0.1, -0.05) is 6.07 Å². The molecule has 0 spiro atoms. The van der Waals surface area contributed by atoms with E-state index < -0.39 is 5.97 Å². The molecule has 0 saturated carbocycles. The molecule has 4 nitrogen and oxygen atoms in total. The molecule has 0 aliphatic carbocycles. The number of carboxylic acid groups (broad SMARTS) is 1. The van der Waals surface area contributed by atoms with Crippen molar-refractivity contribution in [2.24, 2.45) is 0 Å². The minimum absolute atomic E-state index is 0.163. The summed E-state index contributed by atoms with van der Waals surface area (Å²) in [5.74, 6) is -0.777. The predicted octanol–water partition coefficient (Wildman–Crippen LogP) is 3.00. The molecule has 1 heterocycles. The second kappa shape index (κ2) is 5.06. The number of benzene rings is 1. The van der Waals surface area contributed by atoms with Crippen LogP contribution in [0.1, 0.15) is 16.1 Å². The molecule has 0 aliphatic heterocycles. The molecule has 0 amide bonds. The first-order chi connectivity index (χ1) is 8.99. The quantitative estimate of drug-likeness (QED) is 0.921. The fraction of sp³-hybridized carbons (Fsp3) is 0.143. The third-order valence-corrected chi connectivity index (χ3v) is 2.84. The van der Waals surface area contributed by atoms with E-state index in [1.54, 1.807) is 37.1 Å². The number of anilines is 2. The largest absolute Gasteiger partial charge is 0.478 e. The number of hydrogen-bond acceptors (Lipinski definition) is 3. The van der Waals surface area contributed by atoms with Crippen LogP contribution in [0.2, 0.25) is 0 Å². The van der Waals surface area contributed by atoms with Gasteiger partial charge in [0.1, 0.15) is 11.6 Å². The summed E-state index contributed by atoms with van der Waals surface area (Å²) in [6.07, 6.45) is 0. The number of carboxylic acids is 1. The number of carbonyl (C=O) groups is 1. The summed E-state index contributed by atoms with van der Waals surface area (Å²) in [6, 6.07) is 9.22. The van der Waals surface area contributed by atoms with Gasteiger partial charge in [-0.25, -0.2) is 14.2 Å². The molecule has 2 rings (SSSR count). The first kappa shape index (κ1) is 13.0. The van der Waals surface area contributed by atoms with Crippen LogP contribution >= 0.6 is 0 Å². The molecular weight excluding hydrogens is 247 g/mol. The second-order valence-electron chi connectivity index (χ2n) is 4.15. The summed E-state index contributed by atoms with van der Waals surface area (Å²) in [6.45, 7) is 1.63. The van der Waals surface area contributed by atoms with Crippen LogP contribution in [0.5, 0.6) is 0 Å². The molecule has 98 valence electrons. The lowest BCUT2D eigenvalue weighted by atomic mass is 10.2. The van der Waals surface area contributed by atoms with Gasteiger partial charge < -0.3 is 10.0 Å². The highest BCUT2D eigenvalue weighted by atomic mass is 19.1. The van der Waals surface area contributed by atoms with Crippen molar-refractivity contribution in [2.45, 2.75) is 6.92 Å². The van der Waals surface area contributed by atoms with E-state index >= 15 is 0 Å². The fourth-order valence-corrected chi connectivity index (χ4v) is 1.78. The van der Waals surface area contributed by atoms with E-state index in [0.29, 0.717) is 17.2 Å². The van der Waals surface area contributed by atoms with Crippen LogP contribution in [-0.4, -0.2) is 23.1 Å². The Hall–Kier alpha value is -2.43. The molecule has 0 radical (unpaired) electrons. The molecule has 0 saturated heterocycles.